The molecule has 0 N–H and O–H groups in total. The number of nitrogens with zero attached hydrogens (tertiary/aromatic N) is 2. The molecule has 0 unspecified atom stereocenters. The number of rotatable bonds is 3. The minimum Gasteiger partial charge on any atom is -0.493 e. The van der Waals surface area contributed by atoms with E-state index in [9.17, 15) is 5.26 Å². The van der Waals surface area contributed by atoms with Gasteiger partial charge in [-0.25, -0.2) is 0 Å². The van der Waals surface area contributed by atoms with Gasteiger partial charge in [-0.3, -0.25) is 4.98 Å². The van der Waals surface area contributed by atoms with E-state index in [0.717, 1.165) is 28.6 Å². The van der Waals surface area contributed by atoms with Gasteiger partial charge >= 0.3 is 0 Å². The highest BCUT2D eigenvalue weighted by atomic mass is 16.5. The molecule has 4 heteroatoms. The molecule has 1 aromatic carbocycles. The first kappa shape index (κ1) is 13.2. The number of pyridine rings is 1. The first-order valence-corrected chi connectivity index (χ1v) is 6.11. The van der Waals surface area contributed by atoms with Crippen molar-refractivity contribution in [3.63, 3.8) is 0 Å². The Kier molecular flexibility index (Phi) is 3.57. The average Bonchev–Trinajstić information content (AvgIpc) is 2.44. The van der Waals surface area contributed by atoms with E-state index in [4.69, 9.17) is 9.47 Å². The summed E-state index contributed by atoms with van der Waals surface area (Å²) in [6.07, 6.45) is 0.804. The highest BCUT2D eigenvalue weighted by molar-refractivity contribution is 5.93. The first-order chi connectivity index (χ1) is 9.15. The summed E-state index contributed by atoms with van der Waals surface area (Å²) in [5.41, 5.74) is 2.31. The van der Waals surface area contributed by atoms with E-state index >= 15 is 0 Å². The molecule has 0 saturated heterocycles. The highest BCUT2D eigenvalue weighted by Crippen LogP contribution is 2.35. The molecule has 0 radical (unpaired) electrons. The second kappa shape index (κ2) is 5.15. The van der Waals surface area contributed by atoms with E-state index in [0.29, 0.717) is 17.1 Å². The van der Waals surface area contributed by atoms with Gasteiger partial charge in [0.15, 0.2) is 11.5 Å². The average molecular weight is 256 g/mol. The van der Waals surface area contributed by atoms with E-state index < -0.39 is 0 Å². The van der Waals surface area contributed by atoms with E-state index in [2.05, 4.69) is 11.1 Å². The van der Waals surface area contributed by atoms with Crippen molar-refractivity contribution in [3.8, 4) is 17.6 Å². The van der Waals surface area contributed by atoms with Crippen LogP contribution in [0.15, 0.2) is 12.1 Å². The summed E-state index contributed by atoms with van der Waals surface area (Å²) < 4.78 is 10.6. The fourth-order valence-corrected chi connectivity index (χ4v) is 2.25. The van der Waals surface area contributed by atoms with Crippen LogP contribution in [0.3, 0.4) is 0 Å². The van der Waals surface area contributed by atoms with Gasteiger partial charge in [-0.15, -0.1) is 0 Å². The van der Waals surface area contributed by atoms with Gasteiger partial charge in [0.1, 0.15) is 6.07 Å². The van der Waals surface area contributed by atoms with Crippen LogP contribution >= 0.6 is 0 Å². The summed E-state index contributed by atoms with van der Waals surface area (Å²) in [5.74, 6) is 1.28. The third-order valence-corrected chi connectivity index (χ3v) is 3.22. The van der Waals surface area contributed by atoms with Crippen LogP contribution in [0.25, 0.3) is 10.8 Å². The van der Waals surface area contributed by atoms with Gasteiger partial charge in [-0.05, 0) is 25.5 Å². The van der Waals surface area contributed by atoms with Gasteiger partial charge in [-0.1, -0.05) is 6.92 Å². The lowest BCUT2D eigenvalue weighted by atomic mass is 10.0. The van der Waals surface area contributed by atoms with Crippen LogP contribution in [0, 0.1) is 18.3 Å². The third kappa shape index (κ3) is 2.08. The van der Waals surface area contributed by atoms with E-state index in [1.807, 2.05) is 26.0 Å². The molecule has 2 aromatic rings. The fourth-order valence-electron chi connectivity index (χ4n) is 2.25. The molecule has 1 heterocycles. The Morgan fingerprint density at radius 1 is 1.16 bits per heavy atom. The Balaban J connectivity index is 2.92. The zero-order valence-electron chi connectivity index (χ0n) is 11.6. The standard InChI is InChI=1S/C15H16N2O2/c1-5-13-11-7-15(19-4)14(18-3)6-10(11)12(8-16)9(2)17-13/h6-7H,5H2,1-4H3. The van der Waals surface area contributed by atoms with Crippen molar-refractivity contribution in [1.29, 1.82) is 5.26 Å². The predicted molar refractivity (Wildman–Crippen MR) is 73.7 cm³/mol. The number of hydrogen-bond donors (Lipinski definition) is 0. The summed E-state index contributed by atoms with van der Waals surface area (Å²) in [7, 11) is 3.19. The molecular weight excluding hydrogens is 240 g/mol. The fraction of sp³-hybridized carbons (Fsp3) is 0.333. The summed E-state index contributed by atoms with van der Waals surface area (Å²) >= 11 is 0. The summed E-state index contributed by atoms with van der Waals surface area (Å²) in [4.78, 5) is 4.50. The summed E-state index contributed by atoms with van der Waals surface area (Å²) in [6.45, 7) is 3.90. The third-order valence-electron chi connectivity index (χ3n) is 3.22. The van der Waals surface area contributed by atoms with E-state index in [-0.39, 0.29) is 0 Å². The van der Waals surface area contributed by atoms with Crippen LogP contribution in [0.2, 0.25) is 0 Å². The number of fused-ring (bicyclic) bond motifs is 1. The van der Waals surface area contributed by atoms with Crippen molar-refractivity contribution in [3.05, 3.63) is 29.1 Å². The zero-order chi connectivity index (χ0) is 14.0. The van der Waals surface area contributed by atoms with Gasteiger partial charge in [0.2, 0.25) is 0 Å². The summed E-state index contributed by atoms with van der Waals surface area (Å²) in [6, 6.07) is 5.96. The number of aryl methyl sites for hydroxylation is 2. The smallest absolute Gasteiger partial charge is 0.161 e. The maximum Gasteiger partial charge on any atom is 0.161 e. The van der Waals surface area contributed by atoms with Crippen LogP contribution in [0.1, 0.15) is 23.9 Å². The van der Waals surface area contributed by atoms with Crippen LogP contribution in [0.4, 0.5) is 0 Å². The van der Waals surface area contributed by atoms with E-state index in [1.54, 1.807) is 14.2 Å². The minimum absolute atomic E-state index is 0.591. The SMILES string of the molecule is CCc1nc(C)c(C#N)c2cc(OC)c(OC)cc12. The number of aromatic nitrogens is 1. The normalized spacial score (nSPS) is 10.3. The molecule has 0 aliphatic carbocycles. The quantitative estimate of drug-likeness (QED) is 0.847. The molecule has 0 bridgehead atoms. The molecule has 0 spiro atoms. The zero-order valence-corrected chi connectivity index (χ0v) is 11.6. The van der Waals surface area contributed by atoms with Crippen molar-refractivity contribution in [2.75, 3.05) is 14.2 Å². The molecule has 4 nitrogen and oxygen atoms in total. The van der Waals surface area contributed by atoms with Gasteiger partial charge in [0.25, 0.3) is 0 Å². The monoisotopic (exact) mass is 256 g/mol. The van der Waals surface area contributed by atoms with Crippen molar-refractivity contribution in [2.45, 2.75) is 20.3 Å². The first-order valence-electron chi connectivity index (χ1n) is 6.11. The lowest BCUT2D eigenvalue weighted by molar-refractivity contribution is 0.356. The minimum atomic E-state index is 0.591. The number of nitriles is 1. The lowest BCUT2D eigenvalue weighted by Crippen LogP contribution is -1.99. The molecule has 0 fully saturated rings. The second-order valence-electron chi connectivity index (χ2n) is 4.24. The molecular formula is C15H16N2O2. The molecule has 0 saturated carbocycles. The molecule has 1 aromatic heterocycles. The number of hydrogen-bond acceptors (Lipinski definition) is 4. The van der Waals surface area contributed by atoms with Crippen LogP contribution in [-0.2, 0) is 6.42 Å². The Labute approximate surface area is 112 Å². The molecule has 0 atom stereocenters. The molecule has 98 valence electrons. The number of benzene rings is 1. The topological polar surface area (TPSA) is 55.1 Å². The van der Waals surface area contributed by atoms with Crippen molar-refractivity contribution >= 4 is 10.8 Å². The van der Waals surface area contributed by atoms with Gasteiger partial charge in [0, 0.05) is 16.5 Å². The van der Waals surface area contributed by atoms with Crippen molar-refractivity contribution in [2.24, 2.45) is 0 Å². The summed E-state index contributed by atoms with van der Waals surface area (Å²) in [5, 5.41) is 11.1. The Morgan fingerprint density at radius 3 is 2.21 bits per heavy atom. The number of ether oxygens (including phenoxy) is 2. The highest BCUT2D eigenvalue weighted by Gasteiger charge is 2.14. The maximum absolute atomic E-state index is 9.31. The lowest BCUT2D eigenvalue weighted by Gasteiger charge is -2.13. The van der Waals surface area contributed by atoms with Gasteiger partial charge in [0.05, 0.1) is 25.5 Å². The molecule has 19 heavy (non-hydrogen) atoms. The second-order valence-corrected chi connectivity index (χ2v) is 4.24. The van der Waals surface area contributed by atoms with Gasteiger partial charge < -0.3 is 9.47 Å². The Hall–Kier alpha value is -2.28. The molecule has 0 amide bonds. The van der Waals surface area contributed by atoms with Crippen LogP contribution < -0.4 is 9.47 Å². The van der Waals surface area contributed by atoms with E-state index in [1.165, 1.54) is 0 Å². The Morgan fingerprint density at radius 2 is 1.74 bits per heavy atom. The van der Waals surface area contributed by atoms with Crippen LogP contribution in [0.5, 0.6) is 11.5 Å². The predicted octanol–water partition coefficient (Wildman–Crippen LogP) is 2.99. The molecule has 2 rings (SSSR count). The van der Waals surface area contributed by atoms with Crippen LogP contribution in [-0.4, -0.2) is 19.2 Å². The van der Waals surface area contributed by atoms with Crippen molar-refractivity contribution in [1.82, 2.24) is 4.98 Å². The largest absolute Gasteiger partial charge is 0.493 e. The number of methoxy groups -OCH3 is 2. The van der Waals surface area contributed by atoms with Gasteiger partial charge in [-0.2, -0.15) is 5.26 Å². The maximum atomic E-state index is 9.31. The van der Waals surface area contributed by atoms with Crippen molar-refractivity contribution < 1.29 is 9.47 Å². The molecule has 0 aliphatic heterocycles. The molecule has 0 aliphatic rings. The Bertz CT molecular complexity index is 672.